The van der Waals surface area contributed by atoms with E-state index in [4.69, 9.17) is 9.63 Å². The number of amides is 1. The van der Waals surface area contributed by atoms with Gasteiger partial charge in [0.15, 0.2) is 5.82 Å². The molecule has 0 aliphatic heterocycles. The van der Waals surface area contributed by atoms with Crippen LogP contribution in [0.4, 0.5) is 0 Å². The SMILES string of the molecule is CC(C)C(C)(CC(=O)O)NC(=O)CCCc1nc(C(C)(C)C)no1. The molecule has 0 aliphatic rings. The first-order valence-electron chi connectivity index (χ1n) is 8.30. The Morgan fingerprint density at radius 3 is 2.33 bits per heavy atom. The molecule has 0 saturated heterocycles. The minimum atomic E-state index is -0.924. The molecule has 7 nitrogen and oxygen atoms in total. The van der Waals surface area contributed by atoms with E-state index in [0.29, 0.717) is 24.6 Å². The van der Waals surface area contributed by atoms with Gasteiger partial charge in [-0.15, -0.1) is 0 Å². The quantitative estimate of drug-likeness (QED) is 0.754. The van der Waals surface area contributed by atoms with Crippen molar-refractivity contribution in [3.8, 4) is 0 Å². The number of nitrogens with zero attached hydrogens (tertiary/aromatic N) is 2. The highest BCUT2D eigenvalue weighted by Gasteiger charge is 2.32. The van der Waals surface area contributed by atoms with Crippen LogP contribution < -0.4 is 5.32 Å². The van der Waals surface area contributed by atoms with Gasteiger partial charge in [-0.2, -0.15) is 4.98 Å². The zero-order valence-electron chi connectivity index (χ0n) is 15.5. The monoisotopic (exact) mass is 339 g/mol. The van der Waals surface area contributed by atoms with E-state index in [1.54, 1.807) is 6.92 Å². The van der Waals surface area contributed by atoms with Crippen molar-refractivity contribution < 1.29 is 19.2 Å². The van der Waals surface area contributed by atoms with Crippen LogP contribution in [-0.4, -0.2) is 32.7 Å². The highest BCUT2D eigenvalue weighted by molar-refractivity contribution is 5.78. The lowest BCUT2D eigenvalue weighted by Gasteiger charge is -2.33. The summed E-state index contributed by atoms with van der Waals surface area (Å²) in [5.41, 5.74) is -0.929. The normalized spacial score (nSPS) is 14.5. The van der Waals surface area contributed by atoms with Crippen molar-refractivity contribution in [3.63, 3.8) is 0 Å². The summed E-state index contributed by atoms with van der Waals surface area (Å²) in [4.78, 5) is 27.5. The standard InChI is InChI=1S/C17H29N3O4/c1-11(2)17(6,10-14(22)23)19-12(21)8-7-9-13-18-15(20-24-13)16(3,4)5/h11H,7-10H2,1-6H3,(H,19,21)(H,22,23). The number of carbonyl (C=O) groups is 2. The van der Waals surface area contributed by atoms with Gasteiger partial charge in [-0.25, -0.2) is 0 Å². The van der Waals surface area contributed by atoms with Crippen molar-refractivity contribution in [3.05, 3.63) is 11.7 Å². The van der Waals surface area contributed by atoms with E-state index in [-0.39, 0.29) is 30.1 Å². The molecule has 1 aromatic heterocycles. The van der Waals surface area contributed by atoms with Gasteiger partial charge in [-0.05, 0) is 19.3 Å². The first-order chi connectivity index (χ1) is 10.9. The second kappa shape index (κ2) is 7.77. The summed E-state index contributed by atoms with van der Waals surface area (Å²) in [5, 5.41) is 15.8. The van der Waals surface area contributed by atoms with Crippen LogP contribution in [0.1, 0.15) is 72.5 Å². The third-order valence-corrected chi connectivity index (χ3v) is 4.15. The fourth-order valence-corrected chi connectivity index (χ4v) is 2.15. The average molecular weight is 339 g/mol. The largest absolute Gasteiger partial charge is 0.481 e. The van der Waals surface area contributed by atoms with Crippen molar-refractivity contribution in [1.29, 1.82) is 0 Å². The molecule has 2 N–H and O–H groups in total. The summed E-state index contributed by atoms with van der Waals surface area (Å²) in [7, 11) is 0. The highest BCUT2D eigenvalue weighted by atomic mass is 16.5. The minimum absolute atomic E-state index is 0.0165. The van der Waals surface area contributed by atoms with Gasteiger partial charge >= 0.3 is 5.97 Å². The number of carboxylic acid groups (broad SMARTS) is 1. The number of carboxylic acids is 1. The van der Waals surface area contributed by atoms with E-state index < -0.39 is 11.5 Å². The van der Waals surface area contributed by atoms with Gasteiger partial charge in [-0.3, -0.25) is 9.59 Å². The molecular weight excluding hydrogens is 310 g/mol. The van der Waals surface area contributed by atoms with Crippen molar-refractivity contribution >= 4 is 11.9 Å². The fraction of sp³-hybridized carbons (Fsp3) is 0.765. The summed E-state index contributed by atoms with van der Waals surface area (Å²) in [5.74, 6) is 0.0959. The Hall–Kier alpha value is -1.92. The fourth-order valence-electron chi connectivity index (χ4n) is 2.15. The van der Waals surface area contributed by atoms with E-state index in [9.17, 15) is 9.59 Å². The zero-order valence-corrected chi connectivity index (χ0v) is 15.5. The highest BCUT2D eigenvalue weighted by Crippen LogP contribution is 2.21. The van der Waals surface area contributed by atoms with Crippen LogP contribution in [0.25, 0.3) is 0 Å². The van der Waals surface area contributed by atoms with Crippen LogP contribution in [0.15, 0.2) is 4.52 Å². The third-order valence-electron chi connectivity index (χ3n) is 4.15. The van der Waals surface area contributed by atoms with Gasteiger partial charge in [0.25, 0.3) is 0 Å². The third kappa shape index (κ3) is 5.94. The maximum Gasteiger partial charge on any atom is 0.305 e. The zero-order chi connectivity index (χ0) is 18.5. The topological polar surface area (TPSA) is 105 Å². The molecule has 0 fully saturated rings. The van der Waals surface area contributed by atoms with Gasteiger partial charge in [0.05, 0.1) is 6.42 Å². The van der Waals surface area contributed by atoms with Gasteiger partial charge < -0.3 is 14.9 Å². The molecule has 1 aromatic rings. The maximum atomic E-state index is 12.1. The number of aryl methyl sites for hydroxylation is 1. The van der Waals surface area contributed by atoms with Crippen LogP contribution in [0.2, 0.25) is 0 Å². The molecule has 1 rings (SSSR count). The molecule has 0 aliphatic carbocycles. The second-order valence-electron chi connectivity index (χ2n) is 7.81. The first kappa shape index (κ1) is 20.1. The van der Waals surface area contributed by atoms with E-state index >= 15 is 0 Å². The molecule has 0 bridgehead atoms. The van der Waals surface area contributed by atoms with E-state index in [0.717, 1.165) is 0 Å². The van der Waals surface area contributed by atoms with Crippen molar-refractivity contribution in [2.24, 2.45) is 5.92 Å². The first-order valence-corrected chi connectivity index (χ1v) is 8.30. The van der Waals surface area contributed by atoms with Crippen LogP contribution in [-0.2, 0) is 21.4 Å². The number of hydrogen-bond acceptors (Lipinski definition) is 5. The van der Waals surface area contributed by atoms with Crippen molar-refractivity contribution in [2.75, 3.05) is 0 Å². The Bertz CT molecular complexity index is 575. The molecule has 0 saturated carbocycles. The van der Waals surface area contributed by atoms with Crippen molar-refractivity contribution in [1.82, 2.24) is 15.5 Å². The molecule has 0 spiro atoms. The summed E-state index contributed by atoms with van der Waals surface area (Å²) in [6.45, 7) is 11.6. The second-order valence-corrected chi connectivity index (χ2v) is 7.81. The predicted molar refractivity (Wildman–Crippen MR) is 89.6 cm³/mol. The lowest BCUT2D eigenvalue weighted by Crippen LogP contribution is -2.51. The molecule has 0 aromatic carbocycles. The molecule has 7 heteroatoms. The Kier molecular flexibility index (Phi) is 6.51. The van der Waals surface area contributed by atoms with Crippen molar-refractivity contribution in [2.45, 2.75) is 78.2 Å². The number of rotatable bonds is 8. The van der Waals surface area contributed by atoms with Crippen LogP contribution in [0, 0.1) is 5.92 Å². The number of carbonyl (C=O) groups excluding carboxylic acids is 1. The molecule has 24 heavy (non-hydrogen) atoms. The van der Waals surface area contributed by atoms with Gasteiger partial charge in [-0.1, -0.05) is 39.8 Å². The summed E-state index contributed by atoms with van der Waals surface area (Å²) in [6.07, 6.45) is 1.27. The minimum Gasteiger partial charge on any atom is -0.481 e. The van der Waals surface area contributed by atoms with Gasteiger partial charge in [0, 0.05) is 23.8 Å². The molecule has 136 valence electrons. The van der Waals surface area contributed by atoms with E-state index in [2.05, 4.69) is 15.5 Å². The summed E-state index contributed by atoms with van der Waals surface area (Å²) < 4.78 is 5.19. The average Bonchev–Trinajstić information content (AvgIpc) is 2.86. The Morgan fingerprint density at radius 1 is 1.25 bits per heavy atom. The Morgan fingerprint density at radius 2 is 1.88 bits per heavy atom. The van der Waals surface area contributed by atoms with Crippen LogP contribution >= 0.6 is 0 Å². The van der Waals surface area contributed by atoms with Crippen LogP contribution in [0.5, 0.6) is 0 Å². The number of hydrogen-bond donors (Lipinski definition) is 2. The smallest absolute Gasteiger partial charge is 0.305 e. The predicted octanol–water partition coefficient (Wildman–Crippen LogP) is 2.70. The summed E-state index contributed by atoms with van der Waals surface area (Å²) in [6, 6.07) is 0. The number of aliphatic carboxylic acids is 1. The molecule has 1 atom stereocenters. The van der Waals surface area contributed by atoms with E-state index in [1.807, 2.05) is 34.6 Å². The van der Waals surface area contributed by atoms with E-state index in [1.165, 1.54) is 0 Å². The Balaban J connectivity index is 2.51. The molecule has 1 unspecified atom stereocenters. The lowest BCUT2D eigenvalue weighted by atomic mass is 9.85. The molecule has 1 amide bonds. The Labute approximate surface area is 143 Å². The molecule has 1 heterocycles. The summed E-state index contributed by atoms with van der Waals surface area (Å²) >= 11 is 0. The molecular formula is C17H29N3O4. The lowest BCUT2D eigenvalue weighted by molar-refractivity contribution is -0.139. The number of nitrogens with one attached hydrogen (secondary N) is 1. The number of aromatic nitrogens is 2. The molecule has 0 radical (unpaired) electrons. The van der Waals surface area contributed by atoms with Crippen LogP contribution in [0.3, 0.4) is 0 Å². The van der Waals surface area contributed by atoms with Gasteiger partial charge in [0.2, 0.25) is 11.8 Å². The van der Waals surface area contributed by atoms with Gasteiger partial charge in [0.1, 0.15) is 0 Å². The maximum absolute atomic E-state index is 12.1.